The van der Waals surface area contributed by atoms with Gasteiger partial charge in [-0.25, -0.2) is 0 Å². The number of methoxy groups -OCH3 is 1. The van der Waals surface area contributed by atoms with Gasteiger partial charge in [-0.1, -0.05) is 18.2 Å². The van der Waals surface area contributed by atoms with Gasteiger partial charge in [0, 0.05) is 49.5 Å². The molecule has 6 nitrogen and oxygen atoms in total. The fourth-order valence-electron chi connectivity index (χ4n) is 4.26. The van der Waals surface area contributed by atoms with Crippen LogP contribution in [0.2, 0.25) is 0 Å². The van der Waals surface area contributed by atoms with Crippen molar-refractivity contribution in [1.82, 2.24) is 15.1 Å². The largest absolute Gasteiger partial charge is 0.508 e. The average molecular weight is 415 g/mol. The molecule has 1 fully saturated rings. The first-order valence-corrected chi connectivity index (χ1v) is 10.6. The summed E-state index contributed by atoms with van der Waals surface area (Å²) < 4.78 is 5.33. The molecule has 6 heteroatoms. The number of H-pyrrole nitrogens is 1. The van der Waals surface area contributed by atoms with Gasteiger partial charge in [0.2, 0.25) is 0 Å². The maximum atomic E-state index is 9.50. The molecule has 1 aliphatic heterocycles. The van der Waals surface area contributed by atoms with E-state index < -0.39 is 0 Å². The zero-order valence-electron chi connectivity index (χ0n) is 17.6. The number of hydrogen-bond acceptors (Lipinski definition) is 5. The normalized spacial score (nSPS) is 14.8. The number of aromatic nitrogens is 2. The van der Waals surface area contributed by atoms with Gasteiger partial charge in [0.25, 0.3) is 0 Å². The number of nitrogens with zero attached hydrogens (tertiary/aromatic N) is 3. The van der Waals surface area contributed by atoms with Crippen LogP contribution in [-0.4, -0.2) is 53.5 Å². The molecule has 2 N–H and O–H groups in total. The quantitative estimate of drug-likeness (QED) is 0.511. The van der Waals surface area contributed by atoms with Crippen molar-refractivity contribution in [3.63, 3.8) is 0 Å². The summed E-state index contributed by atoms with van der Waals surface area (Å²) in [6.45, 7) is 4.79. The first-order valence-electron chi connectivity index (χ1n) is 10.6. The predicted molar refractivity (Wildman–Crippen MR) is 124 cm³/mol. The number of ether oxygens (including phenoxy) is 1. The van der Waals surface area contributed by atoms with Crippen molar-refractivity contribution in [1.29, 1.82) is 0 Å². The Morgan fingerprint density at radius 2 is 1.68 bits per heavy atom. The van der Waals surface area contributed by atoms with Crippen LogP contribution in [0.4, 0.5) is 5.69 Å². The Bertz CT molecular complexity index is 1180. The first kappa shape index (κ1) is 19.5. The van der Waals surface area contributed by atoms with E-state index in [-0.39, 0.29) is 0 Å². The maximum Gasteiger partial charge on any atom is 0.119 e. The number of aromatic hydroxyl groups is 1. The molecule has 0 spiro atoms. The number of piperazine rings is 1. The molecule has 0 atom stereocenters. The number of benzene rings is 3. The molecule has 0 radical (unpaired) electrons. The van der Waals surface area contributed by atoms with Crippen LogP contribution in [-0.2, 0) is 6.54 Å². The highest BCUT2D eigenvalue weighted by Gasteiger charge is 2.19. The van der Waals surface area contributed by atoms with Gasteiger partial charge in [-0.2, -0.15) is 5.10 Å². The van der Waals surface area contributed by atoms with E-state index in [0.717, 1.165) is 60.8 Å². The lowest BCUT2D eigenvalue weighted by Gasteiger charge is -2.36. The molecule has 0 bridgehead atoms. The smallest absolute Gasteiger partial charge is 0.119 e. The van der Waals surface area contributed by atoms with Gasteiger partial charge in [-0.15, -0.1) is 0 Å². The number of phenols is 1. The van der Waals surface area contributed by atoms with Crippen LogP contribution < -0.4 is 9.64 Å². The van der Waals surface area contributed by atoms with Gasteiger partial charge in [-0.05, 0) is 53.2 Å². The lowest BCUT2D eigenvalue weighted by molar-refractivity contribution is 0.250. The van der Waals surface area contributed by atoms with Crippen LogP contribution in [0, 0.1) is 0 Å². The van der Waals surface area contributed by atoms with Crippen LogP contribution in [0.1, 0.15) is 5.56 Å². The lowest BCUT2D eigenvalue weighted by atomic mass is 10.0. The van der Waals surface area contributed by atoms with Gasteiger partial charge in [0.15, 0.2) is 0 Å². The fourth-order valence-corrected chi connectivity index (χ4v) is 4.26. The van der Waals surface area contributed by atoms with E-state index in [1.807, 2.05) is 24.4 Å². The van der Waals surface area contributed by atoms with Crippen molar-refractivity contribution in [2.24, 2.45) is 0 Å². The number of phenolic OH excluding ortho intramolecular Hbond substituents is 1. The third-order valence-corrected chi connectivity index (χ3v) is 6.04. The van der Waals surface area contributed by atoms with E-state index in [4.69, 9.17) is 4.74 Å². The topological polar surface area (TPSA) is 64.6 Å². The number of hydrogen-bond donors (Lipinski definition) is 2. The van der Waals surface area contributed by atoms with E-state index in [9.17, 15) is 5.11 Å². The number of aromatic amines is 1. The standard InChI is InChI=1S/C25H26N4O2/c1-31-24-9-4-18-14-20(3-2-19(18)15-24)25-21(16-26-27-25)17-28-10-12-29(13-11-28)22-5-7-23(30)8-6-22/h2-9,14-16,30H,10-13,17H2,1H3,(H,26,27). The van der Waals surface area contributed by atoms with Crippen molar-refractivity contribution in [3.05, 3.63) is 72.4 Å². The van der Waals surface area contributed by atoms with E-state index >= 15 is 0 Å². The Morgan fingerprint density at radius 3 is 2.45 bits per heavy atom. The second kappa shape index (κ2) is 8.32. The van der Waals surface area contributed by atoms with Crippen molar-refractivity contribution < 1.29 is 9.84 Å². The van der Waals surface area contributed by atoms with Gasteiger partial charge in [0.1, 0.15) is 11.5 Å². The minimum absolute atomic E-state index is 0.308. The summed E-state index contributed by atoms with van der Waals surface area (Å²) in [6.07, 6.45) is 1.94. The highest BCUT2D eigenvalue weighted by atomic mass is 16.5. The van der Waals surface area contributed by atoms with Crippen molar-refractivity contribution in [2.75, 3.05) is 38.2 Å². The molecule has 158 valence electrons. The second-order valence-corrected chi connectivity index (χ2v) is 7.98. The van der Waals surface area contributed by atoms with E-state index in [0.29, 0.717) is 5.75 Å². The summed E-state index contributed by atoms with van der Waals surface area (Å²) in [7, 11) is 1.69. The minimum atomic E-state index is 0.308. The first-order chi connectivity index (χ1) is 15.2. The summed E-state index contributed by atoms with van der Waals surface area (Å²) in [5.41, 5.74) is 4.60. The predicted octanol–water partition coefficient (Wildman–Crippen LogP) is 4.27. The third-order valence-electron chi connectivity index (χ3n) is 6.04. The molecule has 4 aromatic rings. The number of rotatable bonds is 5. The zero-order valence-corrected chi connectivity index (χ0v) is 17.6. The van der Waals surface area contributed by atoms with Gasteiger partial charge in [0.05, 0.1) is 19.0 Å². The van der Waals surface area contributed by atoms with E-state index in [2.05, 4.69) is 50.3 Å². The van der Waals surface area contributed by atoms with Crippen LogP contribution in [0.5, 0.6) is 11.5 Å². The molecule has 3 aromatic carbocycles. The molecule has 31 heavy (non-hydrogen) atoms. The number of anilines is 1. The van der Waals surface area contributed by atoms with Crippen molar-refractivity contribution >= 4 is 16.5 Å². The molecular formula is C25H26N4O2. The molecule has 0 amide bonds. The molecular weight excluding hydrogens is 388 g/mol. The molecule has 5 rings (SSSR count). The van der Waals surface area contributed by atoms with Crippen LogP contribution >= 0.6 is 0 Å². The molecule has 0 aliphatic carbocycles. The molecule has 1 saturated heterocycles. The maximum absolute atomic E-state index is 9.50. The SMILES string of the molecule is COc1ccc2cc(-c3[nH]ncc3CN3CCN(c4ccc(O)cc4)CC3)ccc2c1. The monoisotopic (exact) mass is 414 g/mol. The summed E-state index contributed by atoms with van der Waals surface area (Å²) in [6, 6.07) is 20.1. The number of fused-ring (bicyclic) bond motifs is 1. The summed E-state index contributed by atoms with van der Waals surface area (Å²) in [4.78, 5) is 4.83. The fraction of sp³-hybridized carbons (Fsp3) is 0.240. The third kappa shape index (κ3) is 4.07. The van der Waals surface area contributed by atoms with Crippen LogP contribution in [0.25, 0.3) is 22.0 Å². The van der Waals surface area contributed by atoms with Gasteiger partial charge < -0.3 is 14.7 Å². The van der Waals surface area contributed by atoms with Gasteiger partial charge >= 0.3 is 0 Å². The van der Waals surface area contributed by atoms with E-state index in [1.165, 1.54) is 10.9 Å². The second-order valence-electron chi connectivity index (χ2n) is 7.98. The highest BCUT2D eigenvalue weighted by molar-refractivity contribution is 5.88. The Morgan fingerprint density at radius 1 is 0.935 bits per heavy atom. The van der Waals surface area contributed by atoms with Crippen LogP contribution in [0.15, 0.2) is 66.9 Å². The number of nitrogens with one attached hydrogen (secondary N) is 1. The molecule has 1 aliphatic rings. The highest BCUT2D eigenvalue weighted by Crippen LogP contribution is 2.29. The van der Waals surface area contributed by atoms with Crippen molar-refractivity contribution in [3.8, 4) is 22.8 Å². The van der Waals surface area contributed by atoms with Gasteiger partial charge in [-0.3, -0.25) is 10.00 Å². The Labute approximate surface area is 181 Å². The average Bonchev–Trinajstić information content (AvgIpc) is 3.27. The minimum Gasteiger partial charge on any atom is -0.508 e. The van der Waals surface area contributed by atoms with Crippen LogP contribution in [0.3, 0.4) is 0 Å². The summed E-state index contributed by atoms with van der Waals surface area (Å²) in [5, 5.41) is 19.4. The molecule has 0 saturated carbocycles. The Hall–Kier alpha value is -3.51. The summed E-state index contributed by atoms with van der Waals surface area (Å²) in [5.74, 6) is 1.18. The van der Waals surface area contributed by atoms with Crippen molar-refractivity contribution in [2.45, 2.75) is 6.54 Å². The van der Waals surface area contributed by atoms with E-state index in [1.54, 1.807) is 19.2 Å². The Balaban J connectivity index is 1.29. The Kier molecular flexibility index (Phi) is 5.22. The zero-order chi connectivity index (χ0) is 21.2. The molecule has 2 heterocycles. The summed E-state index contributed by atoms with van der Waals surface area (Å²) >= 11 is 0. The molecule has 1 aromatic heterocycles. The lowest BCUT2D eigenvalue weighted by Crippen LogP contribution is -2.45. The molecule has 0 unspecified atom stereocenters.